The van der Waals surface area contributed by atoms with Gasteiger partial charge in [0, 0.05) is 17.3 Å². The molecule has 0 aliphatic carbocycles. The number of alkyl halides is 3. The lowest BCUT2D eigenvalue weighted by molar-refractivity contribution is -0.138. The summed E-state index contributed by atoms with van der Waals surface area (Å²) in [5.74, 6) is -0.406. The zero-order chi connectivity index (χ0) is 24.7. The highest BCUT2D eigenvalue weighted by Crippen LogP contribution is 2.39. The Morgan fingerprint density at radius 2 is 1.89 bits per heavy atom. The van der Waals surface area contributed by atoms with Crippen LogP contribution in [0.3, 0.4) is 0 Å². The number of nitrogens with one attached hydrogen (secondary N) is 1. The summed E-state index contributed by atoms with van der Waals surface area (Å²) in [6, 6.07) is 18.3. The number of rotatable bonds is 4. The molecule has 0 bridgehead atoms. The van der Waals surface area contributed by atoms with Gasteiger partial charge in [0.2, 0.25) is 5.91 Å². The topological polar surface area (TPSA) is 46.4 Å². The Morgan fingerprint density at radius 3 is 2.66 bits per heavy atom. The van der Waals surface area contributed by atoms with Crippen molar-refractivity contribution in [3.63, 3.8) is 0 Å². The minimum absolute atomic E-state index is 0.0402. The van der Waals surface area contributed by atoms with Crippen molar-refractivity contribution in [1.82, 2.24) is 4.57 Å². The monoisotopic (exact) mass is 472 g/mol. The summed E-state index contributed by atoms with van der Waals surface area (Å²) in [7, 11) is 2.12. The molecule has 1 radical (unpaired) electrons. The van der Waals surface area contributed by atoms with Crippen LogP contribution in [0, 0.1) is 6.92 Å². The Kier molecular flexibility index (Phi) is 5.75. The Morgan fingerprint density at radius 1 is 1.09 bits per heavy atom. The number of fused-ring (bicyclic) bond motifs is 2. The molecule has 1 N–H and O–H groups in total. The molecule has 0 unspecified atom stereocenters. The summed E-state index contributed by atoms with van der Waals surface area (Å²) < 4.78 is 42.2. The van der Waals surface area contributed by atoms with Crippen LogP contribution in [0.2, 0.25) is 6.82 Å². The van der Waals surface area contributed by atoms with Gasteiger partial charge in [0.05, 0.1) is 34.6 Å². The predicted octanol–water partition coefficient (Wildman–Crippen LogP) is 6.67. The van der Waals surface area contributed by atoms with Crippen molar-refractivity contribution in [2.75, 3.05) is 5.32 Å². The van der Waals surface area contributed by atoms with Crippen molar-refractivity contribution in [2.24, 2.45) is 4.99 Å². The van der Waals surface area contributed by atoms with E-state index in [1.807, 2.05) is 43.4 Å². The number of aromatic nitrogens is 1. The number of benzene rings is 3. The molecule has 1 aromatic heterocycles. The van der Waals surface area contributed by atoms with E-state index in [0.29, 0.717) is 11.4 Å². The maximum absolute atomic E-state index is 13.4. The number of carbonyl (C=O) groups is 1. The molecule has 8 heteroatoms. The number of carbonyl (C=O) groups excluding carboxylic acids is 1. The summed E-state index contributed by atoms with van der Waals surface area (Å²) in [5, 5.41) is 3.76. The van der Waals surface area contributed by atoms with Crippen LogP contribution in [0.25, 0.3) is 16.6 Å². The molecular formula is C27H22BF3N3O. The number of hydrogen-bond acceptors (Lipinski definition) is 2. The average Bonchev–Trinajstić information content (AvgIpc) is 3.17. The standard InChI is InChI=1S/C27H22BF3N3O/c1-16-11-23-24(13-21(16)27(29,30)31)33-26(35)14-22(32-23)17-5-3-7-19(12-17)34-10-9-20-18(15-28-2)6-4-8-25(20)34/h3-13H,14-15H2,1-2H3,(H,33,35). The first-order chi connectivity index (χ1) is 16.7. The summed E-state index contributed by atoms with van der Waals surface area (Å²) in [6.45, 7) is 3.43. The number of hydrogen-bond donors (Lipinski definition) is 1. The lowest BCUT2D eigenvalue weighted by Gasteiger charge is -2.13. The van der Waals surface area contributed by atoms with Crippen LogP contribution in [0.1, 0.15) is 28.7 Å². The molecule has 0 spiro atoms. The van der Waals surface area contributed by atoms with Crippen LogP contribution >= 0.6 is 0 Å². The van der Waals surface area contributed by atoms with E-state index >= 15 is 0 Å². The molecule has 4 nitrogen and oxygen atoms in total. The van der Waals surface area contributed by atoms with Crippen molar-refractivity contribution in [3.8, 4) is 5.69 Å². The second-order valence-corrected chi connectivity index (χ2v) is 8.66. The van der Waals surface area contributed by atoms with Crippen LogP contribution in [-0.2, 0) is 17.3 Å². The molecule has 1 amide bonds. The van der Waals surface area contributed by atoms with Crippen LogP contribution in [0.15, 0.2) is 71.9 Å². The average molecular weight is 472 g/mol. The lowest BCUT2D eigenvalue weighted by atomic mass is 9.74. The van der Waals surface area contributed by atoms with Crippen molar-refractivity contribution in [2.45, 2.75) is 32.7 Å². The van der Waals surface area contributed by atoms with E-state index in [2.05, 4.69) is 40.4 Å². The smallest absolute Gasteiger partial charge is 0.324 e. The molecule has 1 aliphatic heterocycles. The summed E-state index contributed by atoms with van der Waals surface area (Å²) in [5.41, 5.74) is 4.12. The third-order valence-corrected chi connectivity index (χ3v) is 6.21. The molecule has 5 rings (SSSR count). The van der Waals surface area contributed by atoms with Gasteiger partial charge in [0.25, 0.3) is 0 Å². The number of nitrogens with zero attached hydrogens (tertiary/aromatic N) is 2. The Labute approximate surface area is 201 Å². The quantitative estimate of drug-likeness (QED) is 0.331. The first-order valence-corrected chi connectivity index (χ1v) is 11.3. The van der Waals surface area contributed by atoms with E-state index in [9.17, 15) is 18.0 Å². The number of amides is 1. The maximum Gasteiger partial charge on any atom is 0.416 e. The highest BCUT2D eigenvalue weighted by molar-refractivity contribution is 6.33. The SMILES string of the molecule is C[B]Cc1cccc2c1ccn2-c1cccc(C2=Nc3cc(C)c(C(F)(F)F)cc3NC(=O)C2)c1. The molecule has 0 atom stereocenters. The van der Waals surface area contributed by atoms with Gasteiger partial charge in [-0.05, 0) is 60.0 Å². The number of halogens is 3. The van der Waals surface area contributed by atoms with E-state index in [4.69, 9.17) is 0 Å². The van der Waals surface area contributed by atoms with Gasteiger partial charge in [-0.2, -0.15) is 13.2 Å². The van der Waals surface area contributed by atoms with E-state index in [1.54, 1.807) is 0 Å². The molecule has 35 heavy (non-hydrogen) atoms. The molecule has 175 valence electrons. The zero-order valence-electron chi connectivity index (χ0n) is 19.3. The highest BCUT2D eigenvalue weighted by atomic mass is 19.4. The lowest BCUT2D eigenvalue weighted by Crippen LogP contribution is -2.16. The largest absolute Gasteiger partial charge is 0.416 e. The molecule has 0 saturated carbocycles. The van der Waals surface area contributed by atoms with Crippen LogP contribution in [-0.4, -0.2) is 23.5 Å². The number of anilines is 1. The number of aryl methyl sites for hydroxylation is 1. The van der Waals surface area contributed by atoms with Gasteiger partial charge in [-0.1, -0.05) is 37.4 Å². The molecule has 2 heterocycles. The van der Waals surface area contributed by atoms with Crippen LogP contribution in [0.4, 0.5) is 24.5 Å². The van der Waals surface area contributed by atoms with Gasteiger partial charge in [0.1, 0.15) is 7.28 Å². The molecule has 4 aromatic rings. The third kappa shape index (κ3) is 4.36. The normalized spacial score (nSPS) is 13.7. The predicted molar refractivity (Wildman–Crippen MR) is 134 cm³/mol. The summed E-state index contributed by atoms with van der Waals surface area (Å²) >= 11 is 0. The van der Waals surface area contributed by atoms with Crippen molar-refractivity contribution < 1.29 is 18.0 Å². The number of aliphatic imine (C=N–C) groups is 1. The molecule has 0 saturated heterocycles. The van der Waals surface area contributed by atoms with Gasteiger partial charge in [-0.3, -0.25) is 9.79 Å². The van der Waals surface area contributed by atoms with E-state index in [0.717, 1.165) is 29.2 Å². The summed E-state index contributed by atoms with van der Waals surface area (Å²) in [6.07, 6.45) is -1.66. The van der Waals surface area contributed by atoms with Crippen molar-refractivity contribution in [1.29, 1.82) is 0 Å². The summed E-state index contributed by atoms with van der Waals surface area (Å²) in [4.78, 5) is 17.2. The molecule has 3 aromatic carbocycles. The fourth-order valence-electron chi connectivity index (χ4n) is 4.58. The van der Waals surface area contributed by atoms with Crippen molar-refractivity contribution in [3.05, 3.63) is 89.1 Å². The van der Waals surface area contributed by atoms with E-state index in [1.165, 1.54) is 23.9 Å². The second kappa shape index (κ2) is 8.76. The van der Waals surface area contributed by atoms with Gasteiger partial charge in [-0.25, -0.2) is 0 Å². The molecular weight excluding hydrogens is 450 g/mol. The first-order valence-electron chi connectivity index (χ1n) is 11.3. The fourth-order valence-corrected chi connectivity index (χ4v) is 4.58. The van der Waals surface area contributed by atoms with Gasteiger partial charge < -0.3 is 9.88 Å². The first kappa shape index (κ1) is 23.0. The zero-order valence-corrected chi connectivity index (χ0v) is 19.3. The third-order valence-electron chi connectivity index (χ3n) is 6.21. The minimum atomic E-state index is -4.51. The minimum Gasteiger partial charge on any atom is -0.324 e. The molecule has 0 fully saturated rings. The van der Waals surface area contributed by atoms with Crippen LogP contribution in [0.5, 0.6) is 0 Å². The Bertz CT molecular complexity index is 1490. The van der Waals surface area contributed by atoms with Gasteiger partial charge in [-0.15, -0.1) is 0 Å². The van der Waals surface area contributed by atoms with Crippen molar-refractivity contribution >= 4 is 41.2 Å². The maximum atomic E-state index is 13.4. The fraction of sp³-hybridized carbons (Fsp3) is 0.185. The highest BCUT2D eigenvalue weighted by Gasteiger charge is 2.34. The van der Waals surface area contributed by atoms with E-state index < -0.39 is 17.6 Å². The Hall–Kier alpha value is -3.81. The van der Waals surface area contributed by atoms with Crippen LogP contribution < -0.4 is 5.32 Å². The van der Waals surface area contributed by atoms with Gasteiger partial charge in [0.15, 0.2) is 0 Å². The molecule has 1 aliphatic rings. The van der Waals surface area contributed by atoms with Gasteiger partial charge >= 0.3 is 6.18 Å². The van der Waals surface area contributed by atoms with E-state index in [-0.39, 0.29) is 17.7 Å². The second-order valence-electron chi connectivity index (χ2n) is 8.66. The Balaban J connectivity index is 1.58.